The van der Waals surface area contributed by atoms with Gasteiger partial charge in [-0.25, -0.2) is 4.98 Å². The minimum Gasteiger partial charge on any atom is -0.494 e. The van der Waals surface area contributed by atoms with E-state index in [1.165, 1.54) is 0 Å². The van der Waals surface area contributed by atoms with Crippen LogP contribution in [-0.4, -0.2) is 29.4 Å². The Kier molecular flexibility index (Phi) is 5.33. The molecule has 0 spiro atoms. The van der Waals surface area contributed by atoms with Gasteiger partial charge in [-0.15, -0.1) is 11.3 Å². The molecule has 0 aliphatic rings. The first kappa shape index (κ1) is 15.5. The zero-order chi connectivity index (χ0) is 15.2. The van der Waals surface area contributed by atoms with Crippen molar-refractivity contribution in [2.24, 2.45) is 0 Å². The number of aryl methyl sites for hydroxylation is 1. The van der Waals surface area contributed by atoms with Crippen LogP contribution < -0.4 is 4.74 Å². The van der Waals surface area contributed by atoms with Gasteiger partial charge in [0.2, 0.25) is 5.91 Å². The highest BCUT2D eigenvalue weighted by Gasteiger charge is 2.12. The Morgan fingerprint density at radius 2 is 2.05 bits per heavy atom. The molecule has 1 aromatic carbocycles. The molecule has 1 amide bonds. The molecule has 21 heavy (non-hydrogen) atoms. The molecule has 0 atom stereocenters. The predicted octanol–water partition coefficient (Wildman–Crippen LogP) is 3.05. The van der Waals surface area contributed by atoms with Crippen molar-refractivity contribution in [3.05, 3.63) is 45.9 Å². The molecule has 0 N–H and O–H groups in total. The number of hydrogen-bond acceptors (Lipinski definition) is 4. The normalized spacial score (nSPS) is 10.4. The molecule has 0 unspecified atom stereocenters. The molecule has 0 bridgehead atoms. The lowest BCUT2D eigenvalue weighted by Gasteiger charge is -2.17. The number of likely N-dealkylation sites (N-methyl/N-ethyl adjacent to an activating group) is 1. The molecule has 4 nitrogen and oxygen atoms in total. The molecule has 0 radical (unpaired) electrons. The van der Waals surface area contributed by atoms with E-state index in [0.717, 1.165) is 22.0 Å². The van der Waals surface area contributed by atoms with Gasteiger partial charge in [-0.3, -0.25) is 4.79 Å². The number of thiazole rings is 1. The second kappa shape index (κ2) is 7.22. The van der Waals surface area contributed by atoms with Crippen molar-refractivity contribution < 1.29 is 9.53 Å². The molecular weight excluding hydrogens is 284 g/mol. The highest BCUT2D eigenvalue weighted by atomic mass is 32.1. The first-order valence-electron chi connectivity index (χ1n) is 6.95. The minimum absolute atomic E-state index is 0.0779. The highest BCUT2D eigenvalue weighted by Crippen LogP contribution is 2.14. The molecule has 1 heterocycles. The Labute approximate surface area is 129 Å². The van der Waals surface area contributed by atoms with Crippen LogP contribution in [0.2, 0.25) is 0 Å². The van der Waals surface area contributed by atoms with Gasteiger partial charge in [0.25, 0.3) is 0 Å². The zero-order valence-electron chi connectivity index (χ0n) is 12.6. The lowest BCUT2D eigenvalue weighted by Crippen LogP contribution is -2.27. The lowest BCUT2D eigenvalue weighted by molar-refractivity contribution is -0.129. The molecule has 0 saturated carbocycles. The van der Waals surface area contributed by atoms with E-state index in [-0.39, 0.29) is 5.91 Å². The molecule has 2 aromatic rings. The SMILES string of the molecule is CCOc1ccc(CN(C)C(=O)Cc2csc(C)n2)cc1. The summed E-state index contributed by atoms with van der Waals surface area (Å²) in [6.45, 7) is 5.15. The van der Waals surface area contributed by atoms with Crippen LogP contribution in [-0.2, 0) is 17.8 Å². The molecule has 0 saturated heterocycles. The topological polar surface area (TPSA) is 42.4 Å². The van der Waals surface area contributed by atoms with Crippen LogP contribution in [0.3, 0.4) is 0 Å². The molecule has 1 aromatic heterocycles. The summed E-state index contributed by atoms with van der Waals surface area (Å²) in [6, 6.07) is 7.84. The number of nitrogens with zero attached hydrogens (tertiary/aromatic N) is 2. The van der Waals surface area contributed by atoms with Crippen LogP contribution in [0.4, 0.5) is 0 Å². The smallest absolute Gasteiger partial charge is 0.228 e. The maximum absolute atomic E-state index is 12.2. The third-order valence-electron chi connectivity index (χ3n) is 3.08. The number of carbonyl (C=O) groups is 1. The summed E-state index contributed by atoms with van der Waals surface area (Å²) in [5.74, 6) is 0.933. The largest absolute Gasteiger partial charge is 0.494 e. The lowest BCUT2D eigenvalue weighted by atomic mass is 10.2. The Hall–Kier alpha value is -1.88. The van der Waals surface area contributed by atoms with Crippen molar-refractivity contribution in [2.45, 2.75) is 26.8 Å². The van der Waals surface area contributed by atoms with Crippen LogP contribution in [0.5, 0.6) is 5.75 Å². The summed E-state index contributed by atoms with van der Waals surface area (Å²) >= 11 is 1.57. The summed E-state index contributed by atoms with van der Waals surface area (Å²) in [5.41, 5.74) is 1.94. The average Bonchev–Trinajstić information content (AvgIpc) is 2.86. The maximum atomic E-state index is 12.2. The maximum Gasteiger partial charge on any atom is 0.228 e. The van der Waals surface area contributed by atoms with Gasteiger partial charge in [0.05, 0.1) is 23.7 Å². The molecule has 0 fully saturated rings. The van der Waals surface area contributed by atoms with Gasteiger partial charge in [-0.2, -0.15) is 0 Å². The zero-order valence-corrected chi connectivity index (χ0v) is 13.4. The second-order valence-electron chi connectivity index (χ2n) is 4.86. The number of benzene rings is 1. The molecule has 5 heteroatoms. The van der Waals surface area contributed by atoms with E-state index in [1.807, 2.05) is 50.5 Å². The number of aromatic nitrogens is 1. The second-order valence-corrected chi connectivity index (χ2v) is 5.92. The predicted molar refractivity (Wildman–Crippen MR) is 84.6 cm³/mol. The monoisotopic (exact) mass is 304 g/mol. The van der Waals surface area contributed by atoms with Gasteiger partial charge in [0.1, 0.15) is 5.75 Å². The van der Waals surface area contributed by atoms with E-state index < -0.39 is 0 Å². The van der Waals surface area contributed by atoms with E-state index in [0.29, 0.717) is 19.6 Å². The van der Waals surface area contributed by atoms with Crippen LogP contribution >= 0.6 is 11.3 Å². The minimum atomic E-state index is 0.0779. The van der Waals surface area contributed by atoms with Crippen molar-refractivity contribution >= 4 is 17.2 Å². The number of ether oxygens (including phenoxy) is 1. The van der Waals surface area contributed by atoms with Gasteiger partial charge < -0.3 is 9.64 Å². The molecule has 0 aliphatic heterocycles. The fourth-order valence-electron chi connectivity index (χ4n) is 2.00. The number of carbonyl (C=O) groups excluding carboxylic acids is 1. The highest BCUT2D eigenvalue weighted by molar-refractivity contribution is 7.09. The van der Waals surface area contributed by atoms with E-state index >= 15 is 0 Å². The van der Waals surface area contributed by atoms with Crippen LogP contribution in [0.1, 0.15) is 23.2 Å². The summed E-state index contributed by atoms with van der Waals surface area (Å²) in [4.78, 5) is 18.2. The van der Waals surface area contributed by atoms with Gasteiger partial charge in [0.15, 0.2) is 0 Å². The molecule has 112 valence electrons. The van der Waals surface area contributed by atoms with Gasteiger partial charge in [0, 0.05) is 19.0 Å². The first-order valence-corrected chi connectivity index (χ1v) is 7.83. The van der Waals surface area contributed by atoms with Gasteiger partial charge in [-0.05, 0) is 31.5 Å². The van der Waals surface area contributed by atoms with Crippen molar-refractivity contribution in [3.8, 4) is 5.75 Å². The average molecular weight is 304 g/mol. The third kappa shape index (κ3) is 4.56. The van der Waals surface area contributed by atoms with Gasteiger partial charge in [-0.1, -0.05) is 12.1 Å². The quantitative estimate of drug-likeness (QED) is 0.824. The van der Waals surface area contributed by atoms with Crippen LogP contribution in [0.15, 0.2) is 29.6 Å². The molecule has 2 rings (SSSR count). The van der Waals surface area contributed by atoms with Crippen molar-refractivity contribution in [2.75, 3.05) is 13.7 Å². The fraction of sp³-hybridized carbons (Fsp3) is 0.375. The van der Waals surface area contributed by atoms with Crippen LogP contribution in [0.25, 0.3) is 0 Å². The summed E-state index contributed by atoms with van der Waals surface area (Å²) < 4.78 is 5.41. The van der Waals surface area contributed by atoms with Crippen LogP contribution in [0, 0.1) is 6.92 Å². The summed E-state index contributed by atoms with van der Waals surface area (Å²) in [6.07, 6.45) is 0.359. The van der Waals surface area contributed by atoms with Crippen molar-refractivity contribution in [1.82, 2.24) is 9.88 Å². The number of rotatable bonds is 6. The standard InChI is InChI=1S/C16H20N2O2S/c1-4-20-15-7-5-13(6-8-15)10-18(3)16(19)9-14-11-21-12(2)17-14/h5-8,11H,4,9-10H2,1-3H3. The molecule has 0 aliphatic carbocycles. The van der Waals surface area contributed by atoms with E-state index in [4.69, 9.17) is 4.74 Å². The number of hydrogen-bond donors (Lipinski definition) is 0. The van der Waals surface area contributed by atoms with E-state index in [1.54, 1.807) is 16.2 Å². The third-order valence-corrected chi connectivity index (χ3v) is 3.90. The fourth-order valence-corrected chi connectivity index (χ4v) is 2.61. The first-order chi connectivity index (χ1) is 10.1. The molecular formula is C16H20N2O2S. The summed E-state index contributed by atoms with van der Waals surface area (Å²) in [7, 11) is 1.82. The Balaban J connectivity index is 1.90. The van der Waals surface area contributed by atoms with Crippen molar-refractivity contribution in [1.29, 1.82) is 0 Å². The Bertz CT molecular complexity index is 593. The van der Waals surface area contributed by atoms with Gasteiger partial charge >= 0.3 is 0 Å². The number of amides is 1. The Morgan fingerprint density at radius 1 is 1.33 bits per heavy atom. The van der Waals surface area contributed by atoms with E-state index in [9.17, 15) is 4.79 Å². The van der Waals surface area contributed by atoms with E-state index in [2.05, 4.69) is 4.98 Å². The van der Waals surface area contributed by atoms with Crippen molar-refractivity contribution in [3.63, 3.8) is 0 Å². The summed E-state index contributed by atoms with van der Waals surface area (Å²) in [5, 5.41) is 2.93. The Morgan fingerprint density at radius 3 is 2.62 bits per heavy atom.